The number of alkyl halides is 3. The third-order valence-corrected chi connectivity index (χ3v) is 8.27. The summed E-state index contributed by atoms with van der Waals surface area (Å²) in [7, 11) is 1.18. The SMILES string of the molecule is CN(C[C@H](NC(=O)OC(C)(C)C)C(=O)N1C[C@H]2[C@@H]([C@H]1C(=O)N[C@H](C#N)C[C@@H]1CC(C)(C)NC1=O)C2(C)C)CC(F)(F)F. The molecule has 0 spiro atoms. The van der Waals surface area contributed by atoms with Crippen molar-refractivity contribution in [1.82, 2.24) is 25.8 Å². The topological polar surface area (TPSA) is 144 Å². The van der Waals surface area contributed by atoms with E-state index in [2.05, 4.69) is 16.0 Å². The van der Waals surface area contributed by atoms with Crippen LogP contribution in [0.3, 0.4) is 0 Å². The molecule has 0 aromatic rings. The molecule has 0 bridgehead atoms. The predicted octanol–water partition coefficient (Wildman–Crippen LogP) is 2.17. The Bertz CT molecular complexity index is 1130. The Hall–Kier alpha value is -3.08. The van der Waals surface area contributed by atoms with Crippen molar-refractivity contribution in [2.45, 2.75) is 96.7 Å². The summed E-state index contributed by atoms with van der Waals surface area (Å²) in [5, 5.41) is 17.8. The lowest BCUT2D eigenvalue weighted by Gasteiger charge is -2.35. The minimum atomic E-state index is -4.53. The van der Waals surface area contributed by atoms with Gasteiger partial charge in [-0.15, -0.1) is 0 Å². The summed E-state index contributed by atoms with van der Waals surface area (Å²) < 4.78 is 44.4. The van der Waals surface area contributed by atoms with E-state index >= 15 is 0 Å². The lowest BCUT2D eigenvalue weighted by molar-refractivity contribution is -0.148. The summed E-state index contributed by atoms with van der Waals surface area (Å²) in [4.78, 5) is 54.6. The van der Waals surface area contributed by atoms with Crippen molar-refractivity contribution in [2.75, 3.05) is 26.7 Å². The number of halogens is 3. The van der Waals surface area contributed by atoms with Crippen LogP contribution in [0.1, 0.15) is 61.3 Å². The number of hydrogen-bond donors (Lipinski definition) is 3. The van der Waals surface area contributed by atoms with Crippen LogP contribution in [0.4, 0.5) is 18.0 Å². The molecule has 2 saturated heterocycles. The summed E-state index contributed by atoms with van der Waals surface area (Å²) >= 11 is 0. The number of likely N-dealkylation sites (tertiary alicyclic amines) is 1. The number of hydrogen-bond acceptors (Lipinski definition) is 7. The molecule has 11 nitrogen and oxygen atoms in total. The van der Waals surface area contributed by atoms with Crippen LogP contribution in [0.5, 0.6) is 0 Å². The van der Waals surface area contributed by atoms with Crippen LogP contribution >= 0.6 is 0 Å². The van der Waals surface area contributed by atoms with Gasteiger partial charge in [0.15, 0.2) is 0 Å². The number of fused-ring (bicyclic) bond motifs is 1. The van der Waals surface area contributed by atoms with Crippen molar-refractivity contribution in [3.05, 3.63) is 0 Å². The van der Waals surface area contributed by atoms with E-state index in [1.54, 1.807) is 20.8 Å². The Morgan fingerprint density at radius 1 is 1.19 bits per heavy atom. The van der Waals surface area contributed by atoms with Crippen molar-refractivity contribution in [3.8, 4) is 6.07 Å². The van der Waals surface area contributed by atoms with Gasteiger partial charge in [-0.1, -0.05) is 13.8 Å². The van der Waals surface area contributed by atoms with Gasteiger partial charge >= 0.3 is 12.3 Å². The van der Waals surface area contributed by atoms with E-state index in [1.165, 1.54) is 11.9 Å². The summed E-state index contributed by atoms with van der Waals surface area (Å²) in [6.45, 7) is 10.9. The number of nitrogens with zero attached hydrogens (tertiary/aromatic N) is 3. The molecule has 0 radical (unpaired) electrons. The largest absolute Gasteiger partial charge is 0.444 e. The van der Waals surface area contributed by atoms with Gasteiger partial charge in [-0.2, -0.15) is 18.4 Å². The summed E-state index contributed by atoms with van der Waals surface area (Å²) in [5.41, 5.74) is -1.63. The van der Waals surface area contributed by atoms with Crippen molar-refractivity contribution in [2.24, 2.45) is 23.2 Å². The van der Waals surface area contributed by atoms with E-state index in [4.69, 9.17) is 4.74 Å². The van der Waals surface area contributed by atoms with E-state index in [0.717, 1.165) is 4.90 Å². The number of nitriles is 1. The zero-order valence-corrected chi connectivity index (χ0v) is 25.5. The fourth-order valence-corrected chi connectivity index (χ4v) is 6.40. The highest BCUT2D eigenvalue weighted by Crippen LogP contribution is 2.64. The van der Waals surface area contributed by atoms with Crippen LogP contribution in [0.15, 0.2) is 0 Å². The molecule has 6 atom stereocenters. The second-order valence-electron chi connectivity index (χ2n) is 14.1. The first-order chi connectivity index (χ1) is 19.0. The van der Waals surface area contributed by atoms with Crippen LogP contribution in [0.25, 0.3) is 0 Å². The predicted molar refractivity (Wildman–Crippen MR) is 145 cm³/mol. The molecule has 2 aliphatic heterocycles. The molecule has 1 saturated carbocycles. The van der Waals surface area contributed by atoms with E-state index in [0.29, 0.717) is 6.42 Å². The number of carbonyl (C=O) groups excluding carboxylic acids is 4. The lowest BCUT2D eigenvalue weighted by Crippen LogP contribution is -2.59. The van der Waals surface area contributed by atoms with Gasteiger partial charge in [0.25, 0.3) is 0 Å². The normalized spacial score (nSPS) is 27.4. The van der Waals surface area contributed by atoms with E-state index in [9.17, 15) is 37.6 Å². The third-order valence-electron chi connectivity index (χ3n) is 8.27. The molecule has 0 unspecified atom stereocenters. The van der Waals surface area contributed by atoms with Crippen LogP contribution < -0.4 is 16.0 Å². The second kappa shape index (κ2) is 11.5. The molecular formula is C28H43F3N6O5. The lowest BCUT2D eigenvalue weighted by atomic mass is 9.91. The molecule has 0 aromatic carbocycles. The Morgan fingerprint density at radius 3 is 2.31 bits per heavy atom. The van der Waals surface area contributed by atoms with Gasteiger partial charge in [-0.3, -0.25) is 19.3 Å². The van der Waals surface area contributed by atoms with Crippen molar-refractivity contribution < 1.29 is 37.1 Å². The molecule has 14 heteroatoms. The summed E-state index contributed by atoms with van der Waals surface area (Å²) in [6, 6.07) is -1.38. The first kappa shape index (κ1) is 33.4. The maximum atomic E-state index is 13.8. The van der Waals surface area contributed by atoms with Gasteiger partial charge in [0.1, 0.15) is 23.7 Å². The quantitative estimate of drug-likeness (QED) is 0.368. The number of carbonyl (C=O) groups is 4. The second-order valence-corrected chi connectivity index (χ2v) is 14.1. The molecule has 3 fully saturated rings. The Morgan fingerprint density at radius 2 is 1.81 bits per heavy atom. The maximum Gasteiger partial charge on any atom is 0.408 e. The van der Waals surface area contributed by atoms with Crippen LogP contribution in [-0.4, -0.2) is 95.7 Å². The Labute approximate surface area is 244 Å². The first-order valence-corrected chi connectivity index (χ1v) is 14.1. The molecule has 2 heterocycles. The number of rotatable bonds is 9. The van der Waals surface area contributed by atoms with Gasteiger partial charge in [0, 0.05) is 24.5 Å². The smallest absolute Gasteiger partial charge is 0.408 e. The van der Waals surface area contributed by atoms with Gasteiger partial charge in [-0.05, 0) is 71.8 Å². The minimum Gasteiger partial charge on any atom is -0.444 e. The number of piperidine rings is 1. The van der Waals surface area contributed by atoms with Crippen molar-refractivity contribution in [1.29, 1.82) is 5.26 Å². The zero-order chi connectivity index (χ0) is 32.0. The number of likely N-dealkylation sites (N-methyl/N-ethyl adjacent to an activating group) is 1. The number of alkyl carbamates (subject to hydrolysis) is 1. The molecule has 3 aliphatic rings. The molecule has 3 rings (SSSR count). The molecule has 4 amide bonds. The van der Waals surface area contributed by atoms with Crippen LogP contribution in [0, 0.1) is 34.5 Å². The third kappa shape index (κ3) is 8.05. The summed E-state index contributed by atoms with van der Waals surface area (Å²) in [6.07, 6.45) is -4.92. The molecular weight excluding hydrogens is 557 g/mol. The zero-order valence-electron chi connectivity index (χ0n) is 25.5. The fraction of sp³-hybridized carbons (Fsp3) is 0.821. The van der Waals surface area contributed by atoms with E-state index in [-0.39, 0.29) is 36.1 Å². The van der Waals surface area contributed by atoms with Gasteiger partial charge in [0.05, 0.1) is 12.6 Å². The molecule has 236 valence electrons. The highest BCUT2D eigenvalue weighted by molar-refractivity contribution is 5.93. The highest BCUT2D eigenvalue weighted by atomic mass is 19.4. The van der Waals surface area contributed by atoms with E-state index in [1.807, 2.05) is 33.8 Å². The maximum absolute atomic E-state index is 13.8. The molecule has 3 N–H and O–H groups in total. The van der Waals surface area contributed by atoms with Crippen LogP contribution in [0.2, 0.25) is 0 Å². The van der Waals surface area contributed by atoms with E-state index < -0.39 is 72.4 Å². The van der Waals surface area contributed by atoms with Crippen molar-refractivity contribution in [3.63, 3.8) is 0 Å². The van der Waals surface area contributed by atoms with Gasteiger partial charge in [-0.25, -0.2) is 4.79 Å². The monoisotopic (exact) mass is 600 g/mol. The summed E-state index contributed by atoms with van der Waals surface area (Å²) in [5.74, 6) is -2.26. The first-order valence-electron chi connectivity index (χ1n) is 14.1. The molecule has 0 aromatic heterocycles. The fourth-order valence-electron chi connectivity index (χ4n) is 6.40. The van der Waals surface area contributed by atoms with Crippen LogP contribution in [-0.2, 0) is 19.1 Å². The number of nitrogens with one attached hydrogen (secondary N) is 3. The highest BCUT2D eigenvalue weighted by Gasteiger charge is 2.69. The minimum absolute atomic E-state index is 0.0470. The molecule has 42 heavy (non-hydrogen) atoms. The Balaban J connectivity index is 1.80. The Kier molecular flexibility index (Phi) is 9.18. The average molecular weight is 601 g/mol. The molecule has 1 aliphatic carbocycles. The average Bonchev–Trinajstić information content (AvgIpc) is 3.08. The van der Waals surface area contributed by atoms with Gasteiger partial charge in [0.2, 0.25) is 17.7 Å². The number of amides is 4. The van der Waals surface area contributed by atoms with Crippen molar-refractivity contribution >= 4 is 23.8 Å². The van der Waals surface area contributed by atoms with Gasteiger partial charge < -0.3 is 25.6 Å². The standard InChI is InChI=1S/C28H43F3N6O5/c1-25(2,3)42-24(41)34-18(13-36(8)14-28(29,30)31)23(40)37-12-17-19(27(17,6)7)20(37)22(39)33-16(11-32)9-15-10-26(4,5)35-21(15)38/h15-20H,9-10,12-14H2,1-8H3,(H,33,39)(H,34,41)(H,35,38)/t15-,16+,17+,18+,19+,20+/m1/s1. The number of ether oxygens (including phenoxy) is 1.